The molecule has 4 heterocycles. The number of hydrogen-bond acceptors (Lipinski definition) is 8. The molecule has 190 valence electrons. The van der Waals surface area contributed by atoms with E-state index in [0.29, 0.717) is 52.9 Å². The number of anilines is 2. The third-order valence-corrected chi connectivity index (χ3v) is 6.64. The molecule has 0 unspecified atom stereocenters. The molecule has 38 heavy (non-hydrogen) atoms. The van der Waals surface area contributed by atoms with Gasteiger partial charge in [0.15, 0.2) is 11.5 Å². The van der Waals surface area contributed by atoms with Crippen molar-refractivity contribution in [1.29, 1.82) is 0 Å². The van der Waals surface area contributed by atoms with Crippen LogP contribution in [0.4, 0.5) is 11.6 Å². The van der Waals surface area contributed by atoms with Gasteiger partial charge in [-0.15, -0.1) is 0 Å². The standard InChI is InChI=1S/C28H26N8O2/c29-24-13-10-19(15-31-24)28(37)35-14-4-5-20(17-35)36-27-23(16-32-36)25(30)33-26(34-27)18-8-11-22(12-9-18)38-21-6-2-1-3-7-21/h1-3,6-13,15-16,20H,4-5,14,17H2,(H2,29,31)(H2,30,33,34)/t20-/m1/s1. The topological polar surface area (TPSA) is 138 Å². The van der Waals surface area contributed by atoms with E-state index < -0.39 is 0 Å². The van der Waals surface area contributed by atoms with Crippen LogP contribution < -0.4 is 16.2 Å². The predicted molar refractivity (Wildman–Crippen MR) is 145 cm³/mol. The molecule has 5 aromatic rings. The van der Waals surface area contributed by atoms with E-state index in [9.17, 15) is 4.79 Å². The highest BCUT2D eigenvalue weighted by atomic mass is 16.5. The molecule has 1 aliphatic rings. The van der Waals surface area contributed by atoms with Gasteiger partial charge in [0.05, 0.1) is 23.2 Å². The van der Waals surface area contributed by atoms with Gasteiger partial charge in [0, 0.05) is 24.8 Å². The Labute approximate surface area is 218 Å². The maximum absolute atomic E-state index is 13.1. The molecule has 0 bridgehead atoms. The van der Waals surface area contributed by atoms with Crippen LogP contribution in [0.2, 0.25) is 0 Å². The van der Waals surface area contributed by atoms with Crippen molar-refractivity contribution in [2.24, 2.45) is 0 Å². The van der Waals surface area contributed by atoms with Crippen molar-refractivity contribution in [2.45, 2.75) is 18.9 Å². The average Bonchev–Trinajstić information content (AvgIpc) is 3.39. The summed E-state index contributed by atoms with van der Waals surface area (Å²) < 4.78 is 7.76. The second-order valence-electron chi connectivity index (χ2n) is 9.22. The fourth-order valence-corrected chi connectivity index (χ4v) is 4.69. The minimum Gasteiger partial charge on any atom is -0.457 e. The Kier molecular flexibility index (Phi) is 6.04. The van der Waals surface area contributed by atoms with Crippen molar-refractivity contribution in [2.75, 3.05) is 24.6 Å². The van der Waals surface area contributed by atoms with Crippen molar-refractivity contribution in [3.63, 3.8) is 0 Å². The van der Waals surface area contributed by atoms with E-state index >= 15 is 0 Å². The van der Waals surface area contributed by atoms with Crippen molar-refractivity contribution in [3.05, 3.63) is 84.7 Å². The number of nitrogens with two attached hydrogens (primary N) is 2. The van der Waals surface area contributed by atoms with Gasteiger partial charge in [-0.3, -0.25) is 4.79 Å². The van der Waals surface area contributed by atoms with Crippen LogP contribution >= 0.6 is 0 Å². The molecule has 1 saturated heterocycles. The monoisotopic (exact) mass is 506 g/mol. The molecular weight excluding hydrogens is 480 g/mol. The molecule has 0 saturated carbocycles. The summed E-state index contributed by atoms with van der Waals surface area (Å²) >= 11 is 0. The van der Waals surface area contributed by atoms with Crippen LogP contribution in [0.1, 0.15) is 29.2 Å². The van der Waals surface area contributed by atoms with Crippen LogP contribution in [0, 0.1) is 0 Å². The highest BCUT2D eigenvalue weighted by Gasteiger charge is 2.28. The van der Waals surface area contributed by atoms with Gasteiger partial charge < -0.3 is 21.1 Å². The Morgan fingerprint density at radius 1 is 0.921 bits per heavy atom. The lowest BCUT2D eigenvalue weighted by atomic mass is 10.0. The number of piperidine rings is 1. The Morgan fingerprint density at radius 3 is 2.47 bits per heavy atom. The number of amides is 1. The summed E-state index contributed by atoms with van der Waals surface area (Å²) in [6.45, 7) is 1.17. The molecule has 4 N–H and O–H groups in total. The molecule has 6 rings (SSSR count). The second kappa shape index (κ2) is 9.81. The molecule has 0 spiro atoms. The number of nitrogen functional groups attached to an aromatic ring is 2. The number of nitrogens with zero attached hydrogens (tertiary/aromatic N) is 6. The number of fused-ring (bicyclic) bond motifs is 1. The van der Waals surface area contributed by atoms with Gasteiger partial charge in [-0.1, -0.05) is 18.2 Å². The molecule has 10 nitrogen and oxygen atoms in total. The lowest BCUT2D eigenvalue weighted by Gasteiger charge is -2.33. The summed E-state index contributed by atoms with van der Waals surface area (Å²) in [6.07, 6.45) is 4.92. The summed E-state index contributed by atoms with van der Waals surface area (Å²) in [5, 5.41) is 5.29. The number of rotatable bonds is 5. The quantitative estimate of drug-likeness (QED) is 0.359. The molecule has 1 aliphatic heterocycles. The van der Waals surface area contributed by atoms with Gasteiger partial charge in [0.1, 0.15) is 23.1 Å². The van der Waals surface area contributed by atoms with E-state index in [0.717, 1.165) is 24.2 Å². The van der Waals surface area contributed by atoms with Gasteiger partial charge in [-0.05, 0) is 61.4 Å². The number of aromatic nitrogens is 5. The minimum absolute atomic E-state index is 0.0456. The van der Waals surface area contributed by atoms with Crippen LogP contribution in [0.3, 0.4) is 0 Å². The molecule has 1 amide bonds. The lowest BCUT2D eigenvalue weighted by Crippen LogP contribution is -2.41. The minimum atomic E-state index is -0.0775. The summed E-state index contributed by atoms with van der Waals surface area (Å²) in [4.78, 5) is 28.3. The average molecular weight is 507 g/mol. The van der Waals surface area contributed by atoms with E-state index in [1.165, 1.54) is 6.20 Å². The molecule has 10 heteroatoms. The summed E-state index contributed by atoms with van der Waals surface area (Å²) in [7, 11) is 0. The normalized spacial score (nSPS) is 15.5. The third kappa shape index (κ3) is 4.59. The summed E-state index contributed by atoms with van der Waals surface area (Å²) in [5.74, 6) is 2.64. The van der Waals surface area contributed by atoms with E-state index in [1.54, 1.807) is 18.3 Å². The fourth-order valence-electron chi connectivity index (χ4n) is 4.69. The number of ether oxygens (including phenoxy) is 1. The van der Waals surface area contributed by atoms with E-state index in [-0.39, 0.29) is 11.9 Å². The molecule has 1 fully saturated rings. The second-order valence-corrected chi connectivity index (χ2v) is 9.22. The Hall–Kier alpha value is -4.99. The highest BCUT2D eigenvalue weighted by molar-refractivity contribution is 5.94. The molecule has 0 aliphatic carbocycles. The van der Waals surface area contributed by atoms with Gasteiger partial charge >= 0.3 is 0 Å². The molecule has 3 aromatic heterocycles. The van der Waals surface area contributed by atoms with Crippen molar-refractivity contribution < 1.29 is 9.53 Å². The van der Waals surface area contributed by atoms with Crippen LogP contribution in [-0.4, -0.2) is 48.6 Å². The first-order valence-corrected chi connectivity index (χ1v) is 12.4. The molecular formula is C28H26N8O2. The fraction of sp³-hybridized carbons (Fsp3) is 0.179. The summed E-state index contributed by atoms with van der Waals surface area (Å²) in [6, 6.07) is 20.5. The van der Waals surface area contributed by atoms with Crippen LogP contribution in [0.15, 0.2) is 79.1 Å². The molecule has 1 atom stereocenters. The number of hydrogen-bond donors (Lipinski definition) is 2. The smallest absolute Gasteiger partial charge is 0.255 e. The number of carbonyl (C=O) groups is 1. The zero-order valence-corrected chi connectivity index (χ0v) is 20.6. The Morgan fingerprint density at radius 2 is 1.71 bits per heavy atom. The van der Waals surface area contributed by atoms with Crippen LogP contribution in [-0.2, 0) is 0 Å². The maximum atomic E-state index is 13.1. The van der Waals surface area contributed by atoms with Gasteiger partial charge in [0.25, 0.3) is 5.91 Å². The molecule has 2 aromatic carbocycles. The number of para-hydroxylation sites is 1. The summed E-state index contributed by atoms with van der Waals surface area (Å²) in [5.41, 5.74) is 14.0. The van der Waals surface area contributed by atoms with Gasteiger partial charge in [-0.2, -0.15) is 5.10 Å². The molecule has 0 radical (unpaired) electrons. The maximum Gasteiger partial charge on any atom is 0.255 e. The van der Waals surface area contributed by atoms with E-state index in [2.05, 4.69) is 15.1 Å². The zero-order chi connectivity index (χ0) is 26.1. The van der Waals surface area contributed by atoms with Crippen molar-refractivity contribution >= 4 is 28.6 Å². The number of benzene rings is 2. The predicted octanol–water partition coefficient (Wildman–Crippen LogP) is 4.32. The largest absolute Gasteiger partial charge is 0.457 e. The van der Waals surface area contributed by atoms with Gasteiger partial charge in [-0.25, -0.2) is 19.6 Å². The van der Waals surface area contributed by atoms with Crippen molar-refractivity contribution in [3.8, 4) is 22.9 Å². The van der Waals surface area contributed by atoms with Crippen molar-refractivity contribution in [1.82, 2.24) is 29.6 Å². The first-order valence-electron chi connectivity index (χ1n) is 12.4. The zero-order valence-electron chi connectivity index (χ0n) is 20.6. The van der Waals surface area contributed by atoms with Crippen LogP contribution in [0.25, 0.3) is 22.4 Å². The number of likely N-dealkylation sites (tertiary alicyclic amines) is 1. The van der Waals surface area contributed by atoms with E-state index in [1.807, 2.05) is 64.2 Å². The van der Waals surface area contributed by atoms with Crippen LogP contribution in [0.5, 0.6) is 11.5 Å². The Bertz CT molecular complexity index is 1580. The van der Waals surface area contributed by atoms with E-state index in [4.69, 9.17) is 21.2 Å². The first-order chi connectivity index (χ1) is 18.5. The third-order valence-electron chi connectivity index (χ3n) is 6.64. The van der Waals surface area contributed by atoms with Gasteiger partial charge in [0.2, 0.25) is 0 Å². The number of pyridine rings is 1. The number of carbonyl (C=O) groups excluding carboxylic acids is 1. The lowest BCUT2D eigenvalue weighted by molar-refractivity contribution is 0.0674. The Balaban J connectivity index is 1.26. The first kappa shape index (κ1) is 23.4. The SMILES string of the molecule is Nc1ccc(C(=O)N2CCC[C@@H](n3ncc4c(N)nc(-c5ccc(Oc6ccccc6)cc5)nc43)C2)cn1. The highest BCUT2D eigenvalue weighted by Crippen LogP contribution is 2.30.